The van der Waals surface area contributed by atoms with Crippen LogP contribution in [0, 0.1) is 0 Å². The molecular weight excluding hydrogens is 328 g/mol. The Labute approximate surface area is 152 Å². The Hall–Kier alpha value is -2.63. The fraction of sp³-hybridized carbons (Fsp3) is 0.286. The number of hydrogen-bond donors (Lipinski definition) is 1. The molecule has 2 aromatic carbocycles. The first kappa shape index (κ1) is 16.8. The summed E-state index contributed by atoms with van der Waals surface area (Å²) in [5.74, 6) is 1.11. The minimum Gasteiger partial charge on any atom is -0.508 e. The second-order valence-corrected chi connectivity index (χ2v) is 6.43. The van der Waals surface area contributed by atoms with E-state index >= 15 is 0 Å². The lowest BCUT2D eigenvalue weighted by Crippen LogP contribution is -2.39. The predicted molar refractivity (Wildman–Crippen MR) is 101 cm³/mol. The Kier molecular flexibility index (Phi) is 4.73. The maximum Gasteiger partial charge on any atom is 0.121 e. The Balaban J connectivity index is 1.82. The lowest BCUT2D eigenvalue weighted by atomic mass is 9.94. The van der Waals surface area contributed by atoms with E-state index in [9.17, 15) is 5.11 Å². The maximum atomic E-state index is 10.8. The van der Waals surface area contributed by atoms with Crippen LogP contribution in [0.25, 0.3) is 10.9 Å². The summed E-state index contributed by atoms with van der Waals surface area (Å²) < 4.78 is 10.8. The number of methoxy groups -OCH3 is 1. The van der Waals surface area contributed by atoms with Gasteiger partial charge in [0.2, 0.25) is 0 Å². The molecule has 0 radical (unpaired) electrons. The number of aromatic hydroxyl groups is 1. The maximum absolute atomic E-state index is 10.8. The van der Waals surface area contributed by atoms with Crippen LogP contribution in [-0.4, -0.2) is 48.4 Å². The number of nitrogens with zero attached hydrogens (tertiary/aromatic N) is 2. The molecule has 1 aliphatic heterocycles. The van der Waals surface area contributed by atoms with Gasteiger partial charge in [-0.05, 0) is 35.9 Å². The summed E-state index contributed by atoms with van der Waals surface area (Å²) in [5, 5.41) is 11.7. The number of pyridine rings is 1. The second kappa shape index (κ2) is 7.32. The Morgan fingerprint density at radius 2 is 1.88 bits per heavy atom. The molecule has 5 nitrogen and oxygen atoms in total. The van der Waals surface area contributed by atoms with E-state index in [2.05, 4.69) is 22.0 Å². The SMILES string of the molecule is COc1ccc(C(c2cc3ncccc3cc2O)N2CCOCC2)cc1. The first-order chi connectivity index (χ1) is 12.8. The molecule has 134 valence electrons. The summed E-state index contributed by atoms with van der Waals surface area (Å²) in [4.78, 5) is 6.80. The van der Waals surface area contributed by atoms with Gasteiger partial charge in [0, 0.05) is 30.2 Å². The third kappa shape index (κ3) is 3.23. The van der Waals surface area contributed by atoms with Crippen molar-refractivity contribution in [3.05, 3.63) is 65.9 Å². The Morgan fingerprint density at radius 3 is 2.62 bits per heavy atom. The van der Waals surface area contributed by atoms with E-state index in [1.54, 1.807) is 19.4 Å². The molecule has 0 amide bonds. The molecule has 1 atom stereocenters. The molecule has 4 rings (SSSR count). The number of phenols is 1. The van der Waals surface area contributed by atoms with Crippen molar-refractivity contribution < 1.29 is 14.6 Å². The Bertz CT molecular complexity index is 889. The van der Waals surface area contributed by atoms with Crippen molar-refractivity contribution in [3.63, 3.8) is 0 Å². The van der Waals surface area contributed by atoms with Crippen molar-refractivity contribution in [3.8, 4) is 11.5 Å². The zero-order chi connectivity index (χ0) is 17.9. The van der Waals surface area contributed by atoms with Gasteiger partial charge in [-0.2, -0.15) is 0 Å². The van der Waals surface area contributed by atoms with Crippen LogP contribution in [-0.2, 0) is 4.74 Å². The highest BCUT2D eigenvalue weighted by molar-refractivity contribution is 5.81. The summed E-state index contributed by atoms with van der Waals surface area (Å²) in [5.41, 5.74) is 2.86. The van der Waals surface area contributed by atoms with Gasteiger partial charge in [-0.1, -0.05) is 18.2 Å². The van der Waals surface area contributed by atoms with Gasteiger partial charge in [-0.25, -0.2) is 0 Å². The molecule has 5 heteroatoms. The molecule has 0 bridgehead atoms. The van der Waals surface area contributed by atoms with Crippen LogP contribution in [0.1, 0.15) is 17.2 Å². The highest BCUT2D eigenvalue weighted by Gasteiger charge is 2.27. The number of benzene rings is 2. The van der Waals surface area contributed by atoms with Crippen molar-refractivity contribution in [1.29, 1.82) is 0 Å². The van der Waals surface area contributed by atoms with Gasteiger partial charge in [0.25, 0.3) is 0 Å². The molecule has 2 heterocycles. The third-order valence-corrected chi connectivity index (χ3v) is 4.89. The molecule has 0 saturated carbocycles. The van der Waals surface area contributed by atoms with Crippen LogP contribution in [0.15, 0.2) is 54.7 Å². The quantitative estimate of drug-likeness (QED) is 0.782. The highest BCUT2D eigenvalue weighted by atomic mass is 16.5. The van der Waals surface area contributed by atoms with E-state index in [1.807, 2.05) is 30.3 Å². The molecule has 3 aromatic rings. The second-order valence-electron chi connectivity index (χ2n) is 6.43. The number of phenolic OH excluding ortho intramolecular Hbond substituents is 1. The van der Waals surface area contributed by atoms with Gasteiger partial charge < -0.3 is 14.6 Å². The van der Waals surface area contributed by atoms with Gasteiger partial charge >= 0.3 is 0 Å². The van der Waals surface area contributed by atoms with Crippen molar-refractivity contribution in [2.45, 2.75) is 6.04 Å². The van der Waals surface area contributed by atoms with Crippen molar-refractivity contribution >= 4 is 10.9 Å². The first-order valence-electron chi connectivity index (χ1n) is 8.79. The average molecular weight is 350 g/mol. The largest absolute Gasteiger partial charge is 0.508 e. The van der Waals surface area contributed by atoms with E-state index < -0.39 is 0 Å². The predicted octanol–water partition coefficient (Wildman–Crippen LogP) is 3.37. The minimum absolute atomic E-state index is 0.0591. The zero-order valence-corrected chi connectivity index (χ0v) is 14.8. The fourth-order valence-electron chi connectivity index (χ4n) is 3.55. The summed E-state index contributed by atoms with van der Waals surface area (Å²) >= 11 is 0. The van der Waals surface area contributed by atoms with Crippen LogP contribution in [0.3, 0.4) is 0 Å². The average Bonchev–Trinajstić information content (AvgIpc) is 2.70. The van der Waals surface area contributed by atoms with Crippen LogP contribution < -0.4 is 4.74 Å². The third-order valence-electron chi connectivity index (χ3n) is 4.89. The number of rotatable bonds is 4. The molecular formula is C21H22N2O3. The summed E-state index contributed by atoms with van der Waals surface area (Å²) in [6.45, 7) is 3.02. The molecule has 0 aliphatic carbocycles. The van der Waals surface area contributed by atoms with Crippen LogP contribution in [0.2, 0.25) is 0 Å². The van der Waals surface area contributed by atoms with E-state index in [4.69, 9.17) is 9.47 Å². The van der Waals surface area contributed by atoms with Crippen LogP contribution in [0.5, 0.6) is 11.5 Å². The van der Waals surface area contributed by atoms with Crippen molar-refractivity contribution in [2.24, 2.45) is 0 Å². The molecule has 1 unspecified atom stereocenters. The minimum atomic E-state index is -0.0591. The summed E-state index contributed by atoms with van der Waals surface area (Å²) in [6.07, 6.45) is 1.78. The van der Waals surface area contributed by atoms with E-state index in [0.717, 1.165) is 40.9 Å². The number of fused-ring (bicyclic) bond motifs is 1. The highest BCUT2D eigenvalue weighted by Crippen LogP contribution is 2.37. The van der Waals surface area contributed by atoms with Gasteiger partial charge in [0.05, 0.1) is 31.9 Å². The van der Waals surface area contributed by atoms with Crippen LogP contribution in [0.4, 0.5) is 0 Å². The van der Waals surface area contributed by atoms with Gasteiger partial charge in [-0.15, -0.1) is 0 Å². The van der Waals surface area contributed by atoms with E-state index in [1.165, 1.54) is 0 Å². The van der Waals surface area contributed by atoms with E-state index in [0.29, 0.717) is 13.2 Å². The number of ether oxygens (including phenoxy) is 2. The zero-order valence-electron chi connectivity index (χ0n) is 14.8. The monoisotopic (exact) mass is 350 g/mol. The lowest BCUT2D eigenvalue weighted by Gasteiger charge is -2.35. The van der Waals surface area contributed by atoms with E-state index in [-0.39, 0.29) is 11.8 Å². The number of morpholine rings is 1. The first-order valence-corrected chi connectivity index (χ1v) is 8.79. The van der Waals surface area contributed by atoms with Crippen LogP contribution >= 0.6 is 0 Å². The van der Waals surface area contributed by atoms with Crippen molar-refractivity contribution in [1.82, 2.24) is 9.88 Å². The number of aromatic nitrogens is 1. The molecule has 1 aromatic heterocycles. The number of hydrogen-bond acceptors (Lipinski definition) is 5. The normalized spacial score (nSPS) is 16.5. The molecule has 1 N–H and O–H groups in total. The smallest absolute Gasteiger partial charge is 0.121 e. The standard InChI is InChI=1S/C21H22N2O3/c1-25-17-6-4-15(5-7-17)21(23-9-11-26-12-10-23)18-14-19-16(13-20(18)24)3-2-8-22-19/h2-8,13-14,21,24H,9-12H2,1H3. The Morgan fingerprint density at radius 1 is 1.12 bits per heavy atom. The molecule has 1 saturated heterocycles. The summed E-state index contributed by atoms with van der Waals surface area (Å²) in [7, 11) is 1.66. The van der Waals surface area contributed by atoms with Gasteiger partial charge in [0.15, 0.2) is 0 Å². The molecule has 26 heavy (non-hydrogen) atoms. The molecule has 1 fully saturated rings. The molecule has 0 spiro atoms. The molecule has 1 aliphatic rings. The van der Waals surface area contributed by atoms with Crippen molar-refractivity contribution in [2.75, 3.05) is 33.4 Å². The summed E-state index contributed by atoms with van der Waals surface area (Å²) in [6, 6.07) is 15.6. The lowest BCUT2D eigenvalue weighted by molar-refractivity contribution is 0.0236. The van der Waals surface area contributed by atoms with Gasteiger partial charge in [-0.3, -0.25) is 9.88 Å². The topological polar surface area (TPSA) is 54.8 Å². The van der Waals surface area contributed by atoms with Gasteiger partial charge in [0.1, 0.15) is 11.5 Å². The fourth-order valence-corrected chi connectivity index (χ4v) is 3.55.